The van der Waals surface area contributed by atoms with E-state index in [1.54, 1.807) is 26.8 Å². The summed E-state index contributed by atoms with van der Waals surface area (Å²) in [5.74, 6) is -2.60. The van der Waals surface area contributed by atoms with Crippen LogP contribution < -0.4 is 5.32 Å². The lowest BCUT2D eigenvalue weighted by Crippen LogP contribution is -2.34. The molecule has 0 amide bonds. The average Bonchev–Trinajstić information content (AvgIpc) is 2.73. The van der Waals surface area contributed by atoms with E-state index >= 15 is 0 Å². The number of non-ortho nitro benzene ring substituents is 1. The van der Waals surface area contributed by atoms with Gasteiger partial charge in [-0.05, 0) is 26.3 Å². The molecule has 1 aromatic carbocycles. The fraction of sp³-hybridized carbons (Fsp3) is 0.381. The molecule has 0 aliphatic carbocycles. The summed E-state index contributed by atoms with van der Waals surface area (Å²) in [5, 5.41) is 26.3. The van der Waals surface area contributed by atoms with E-state index in [9.17, 15) is 19.7 Å². The number of carbonyl (C=O) groups excluding carboxylic acids is 2. The Morgan fingerprint density at radius 1 is 1.28 bits per heavy atom. The van der Waals surface area contributed by atoms with Gasteiger partial charge in [-0.15, -0.1) is 0 Å². The van der Waals surface area contributed by atoms with E-state index in [4.69, 9.17) is 19.4 Å². The summed E-state index contributed by atoms with van der Waals surface area (Å²) in [5.41, 5.74) is 0.479. The summed E-state index contributed by atoms with van der Waals surface area (Å²) in [7, 11) is 1.45. The van der Waals surface area contributed by atoms with Crippen LogP contribution in [0.25, 0.3) is 0 Å². The zero-order chi connectivity index (χ0) is 23.8. The maximum Gasteiger partial charge on any atom is 0.337 e. The number of rotatable bonds is 9. The predicted molar refractivity (Wildman–Crippen MR) is 113 cm³/mol. The number of esters is 2. The van der Waals surface area contributed by atoms with E-state index in [1.165, 1.54) is 25.3 Å². The molecule has 1 aliphatic rings. The SMILES string of the molecule is COCCOC(=O)C1=C(C)NC(/C=N/O)=C(C(=O)OC(C)C)[C@@H]1c1cccc([N+](=O)[O-])c1. The predicted octanol–water partition coefficient (Wildman–Crippen LogP) is 2.41. The van der Waals surface area contributed by atoms with Crippen molar-refractivity contribution in [3.05, 3.63) is 62.5 Å². The summed E-state index contributed by atoms with van der Waals surface area (Å²) >= 11 is 0. The zero-order valence-corrected chi connectivity index (χ0v) is 18.2. The van der Waals surface area contributed by atoms with Gasteiger partial charge in [0.15, 0.2) is 0 Å². The number of ether oxygens (including phenoxy) is 3. The maximum atomic E-state index is 13.0. The van der Waals surface area contributed by atoms with Gasteiger partial charge in [0, 0.05) is 24.9 Å². The number of methoxy groups -OCH3 is 1. The molecule has 1 atom stereocenters. The second-order valence-corrected chi connectivity index (χ2v) is 7.10. The Hall–Kier alpha value is -3.73. The quantitative estimate of drug-likeness (QED) is 0.145. The maximum absolute atomic E-state index is 13.0. The van der Waals surface area contributed by atoms with Crippen LogP contribution in [0.1, 0.15) is 32.3 Å². The number of benzene rings is 1. The third-order valence-electron chi connectivity index (χ3n) is 4.50. The Bertz CT molecular complexity index is 981. The van der Waals surface area contributed by atoms with Crippen LogP contribution in [0.4, 0.5) is 5.69 Å². The van der Waals surface area contributed by atoms with Gasteiger partial charge in [-0.25, -0.2) is 9.59 Å². The highest BCUT2D eigenvalue weighted by molar-refractivity contribution is 6.04. The number of nitrogens with one attached hydrogen (secondary N) is 1. The summed E-state index contributed by atoms with van der Waals surface area (Å²) in [4.78, 5) is 36.8. The standard InChI is InChI=1S/C21H25N3O8/c1-12(2)32-21(26)19-16(11-22-27)23-13(3)17(20(25)31-9-8-30-4)18(19)14-6-5-7-15(10-14)24(28)29/h5-7,10-12,18,23,27H,8-9H2,1-4H3/b22-11+/t18-/m1/s1. The number of hydrogen-bond acceptors (Lipinski definition) is 10. The normalized spacial score (nSPS) is 16.3. The Kier molecular flexibility index (Phi) is 8.47. The molecule has 11 heteroatoms. The minimum atomic E-state index is -1.08. The van der Waals surface area contributed by atoms with Crippen LogP contribution in [-0.4, -0.2) is 54.7 Å². The number of nitro benzene ring substituents is 1. The van der Waals surface area contributed by atoms with E-state index in [0.717, 1.165) is 6.21 Å². The number of allylic oxidation sites excluding steroid dienone is 2. The molecule has 0 bridgehead atoms. The van der Waals surface area contributed by atoms with Crippen LogP contribution in [0.2, 0.25) is 0 Å². The van der Waals surface area contributed by atoms with Crippen LogP contribution >= 0.6 is 0 Å². The zero-order valence-electron chi connectivity index (χ0n) is 18.2. The van der Waals surface area contributed by atoms with Gasteiger partial charge in [-0.2, -0.15) is 0 Å². The fourth-order valence-electron chi connectivity index (χ4n) is 3.24. The number of nitrogens with zero attached hydrogens (tertiary/aromatic N) is 2. The second kappa shape index (κ2) is 11.0. The van der Waals surface area contributed by atoms with E-state index in [-0.39, 0.29) is 35.7 Å². The van der Waals surface area contributed by atoms with E-state index in [1.807, 2.05) is 0 Å². The van der Waals surface area contributed by atoms with Crippen molar-refractivity contribution in [1.82, 2.24) is 5.32 Å². The molecule has 11 nitrogen and oxygen atoms in total. The monoisotopic (exact) mass is 447 g/mol. The first-order valence-corrected chi connectivity index (χ1v) is 9.72. The molecule has 1 aromatic rings. The van der Waals surface area contributed by atoms with Gasteiger partial charge >= 0.3 is 11.9 Å². The Balaban J connectivity index is 2.71. The van der Waals surface area contributed by atoms with Gasteiger partial charge < -0.3 is 24.7 Å². The molecule has 0 radical (unpaired) electrons. The lowest BCUT2D eigenvalue weighted by molar-refractivity contribution is -0.384. The van der Waals surface area contributed by atoms with Crippen molar-refractivity contribution in [2.45, 2.75) is 32.8 Å². The molecule has 172 valence electrons. The Labute approximate surface area is 184 Å². The molecule has 1 heterocycles. The lowest BCUT2D eigenvalue weighted by Gasteiger charge is -2.30. The summed E-state index contributed by atoms with van der Waals surface area (Å²) < 4.78 is 15.5. The van der Waals surface area contributed by atoms with Crippen molar-refractivity contribution in [3.8, 4) is 0 Å². The summed E-state index contributed by atoms with van der Waals surface area (Å²) in [6, 6.07) is 5.56. The molecular weight excluding hydrogens is 422 g/mol. The molecule has 0 aromatic heterocycles. The number of dihydropyridines is 1. The van der Waals surface area contributed by atoms with E-state index < -0.39 is 28.9 Å². The van der Waals surface area contributed by atoms with Gasteiger partial charge in [-0.1, -0.05) is 17.3 Å². The third kappa shape index (κ3) is 5.70. The van der Waals surface area contributed by atoms with Gasteiger partial charge in [0.2, 0.25) is 0 Å². The average molecular weight is 447 g/mol. The highest BCUT2D eigenvalue weighted by Crippen LogP contribution is 2.40. The van der Waals surface area contributed by atoms with Crippen LogP contribution in [0.5, 0.6) is 0 Å². The first kappa shape index (κ1) is 24.5. The minimum absolute atomic E-state index is 0.0335. The molecule has 0 fully saturated rings. The second-order valence-electron chi connectivity index (χ2n) is 7.10. The molecule has 32 heavy (non-hydrogen) atoms. The summed E-state index contributed by atoms with van der Waals surface area (Å²) in [6.07, 6.45) is 0.509. The van der Waals surface area contributed by atoms with E-state index in [0.29, 0.717) is 11.3 Å². The topological polar surface area (TPSA) is 150 Å². The van der Waals surface area contributed by atoms with Crippen molar-refractivity contribution in [2.75, 3.05) is 20.3 Å². The molecule has 0 spiro atoms. The molecule has 2 N–H and O–H groups in total. The van der Waals surface area contributed by atoms with Crippen LogP contribution in [0.15, 0.2) is 52.0 Å². The molecular formula is C21H25N3O8. The van der Waals surface area contributed by atoms with Crippen LogP contribution in [-0.2, 0) is 23.8 Å². The van der Waals surface area contributed by atoms with Gasteiger partial charge in [0.05, 0.1) is 46.6 Å². The smallest absolute Gasteiger partial charge is 0.337 e. The van der Waals surface area contributed by atoms with Crippen LogP contribution in [0.3, 0.4) is 0 Å². The van der Waals surface area contributed by atoms with Gasteiger partial charge in [0.1, 0.15) is 6.61 Å². The fourth-order valence-corrected chi connectivity index (χ4v) is 3.24. The molecule has 0 unspecified atom stereocenters. The minimum Gasteiger partial charge on any atom is -0.460 e. The number of carbonyl (C=O) groups is 2. The van der Waals surface area contributed by atoms with E-state index in [2.05, 4.69) is 10.5 Å². The third-order valence-corrected chi connectivity index (χ3v) is 4.50. The van der Waals surface area contributed by atoms with Crippen molar-refractivity contribution >= 4 is 23.8 Å². The Morgan fingerprint density at radius 2 is 2.00 bits per heavy atom. The molecule has 0 saturated heterocycles. The first-order valence-electron chi connectivity index (χ1n) is 9.72. The first-order chi connectivity index (χ1) is 15.2. The highest BCUT2D eigenvalue weighted by Gasteiger charge is 2.39. The van der Waals surface area contributed by atoms with Crippen molar-refractivity contribution in [2.24, 2.45) is 5.16 Å². The molecule has 1 aliphatic heterocycles. The lowest BCUT2D eigenvalue weighted by atomic mass is 9.80. The van der Waals surface area contributed by atoms with Gasteiger partial charge in [0.25, 0.3) is 5.69 Å². The largest absolute Gasteiger partial charge is 0.460 e. The number of nitro groups is 1. The summed E-state index contributed by atoms with van der Waals surface area (Å²) in [6.45, 7) is 5.00. The molecule has 0 saturated carbocycles. The van der Waals surface area contributed by atoms with Crippen molar-refractivity contribution < 1.29 is 33.9 Å². The number of oxime groups is 1. The number of hydrogen-bond donors (Lipinski definition) is 2. The van der Waals surface area contributed by atoms with Crippen molar-refractivity contribution in [1.29, 1.82) is 0 Å². The molecule has 2 rings (SSSR count). The van der Waals surface area contributed by atoms with Crippen LogP contribution in [0, 0.1) is 10.1 Å². The highest BCUT2D eigenvalue weighted by atomic mass is 16.6. The Morgan fingerprint density at radius 3 is 2.59 bits per heavy atom. The van der Waals surface area contributed by atoms with Crippen molar-refractivity contribution in [3.63, 3.8) is 0 Å². The van der Waals surface area contributed by atoms with Gasteiger partial charge in [-0.3, -0.25) is 10.1 Å².